The molecule has 1 amide bonds. The van der Waals surface area contributed by atoms with Gasteiger partial charge in [0.25, 0.3) is 0 Å². The zero-order chi connectivity index (χ0) is 12.4. The van der Waals surface area contributed by atoms with Crippen LogP contribution in [0.5, 0.6) is 0 Å². The van der Waals surface area contributed by atoms with Crippen molar-refractivity contribution in [2.45, 2.75) is 58.9 Å². The van der Waals surface area contributed by atoms with Gasteiger partial charge in [-0.05, 0) is 19.8 Å². The summed E-state index contributed by atoms with van der Waals surface area (Å²) in [6.45, 7) is 6.16. The van der Waals surface area contributed by atoms with Crippen molar-refractivity contribution in [3.05, 3.63) is 0 Å². The van der Waals surface area contributed by atoms with Crippen molar-refractivity contribution in [3.8, 4) is 0 Å². The van der Waals surface area contributed by atoms with Gasteiger partial charge in [0.15, 0.2) is 0 Å². The summed E-state index contributed by atoms with van der Waals surface area (Å²) in [7, 11) is 0. The minimum absolute atomic E-state index is 0.0187. The quantitative estimate of drug-likeness (QED) is 0.648. The van der Waals surface area contributed by atoms with Gasteiger partial charge in [-0.3, -0.25) is 9.59 Å². The first kappa shape index (κ1) is 14.9. The summed E-state index contributed by atoms with van der Waals surface area (Å²) in [6.07, 6.45) is 3.37. The van der Waals surface area contributed by atoms with Crippen molar-refractivity contribution in [2.24, 2.45) is 0 Å². The lowest BCUT2D eigenvalue weighted by Crippen LogP contribution is -2.36. The third-order valence-electron chi connectivity index (χ3n) is 2.20. The smallest absolute Gasteiger partial charge is 0.307 e. The predicted octanol–water partition coefficient (Wildman–Crippen LogP) is 2.02. The highest BCUT2D eigenvalue weighted by Gasteiger charge is 2.15. The summed E-state index contributed by atoms with van der Waals surface area (Å²) in [4.78, 5) is 22.7. The fourth-order valence-corrected chi connectivity index (χ4v) is 1.52. The Kier molecular flexibility index (Phi) is 8.58. The molecule has 94 valence electrons. The van der Waals surface area contributed by atoms with Crippen LogP contribution in [0.4, 0.5) is 0 Å². The molecule has 0 spiro atoms. The van der Waals surface area contributed by atoms with Gasteiger partial charge in [0, 0.05) is 12.5 Å². The molecule has 0 aliphatic carbocycles. The van der Waals surface area contributed by atoms with Gasteiger partial charge in [-0.25, -0.2) is 0 Å². The molecular weight excluding hydrogens is 206 g/mol. The molecule has 1 atom stereocenters. The van der Waals surface area contributed by atoms with E-state index < -0.39 is 0 Å². The van der Waals surface area contributed by atoms with Crippen LogP contribution in [0.25, 0.3) is 0 Å². The van der Waals surface area contributed by atoms with E-state index in [9.17, 15) is 9.59 Å². The molecule has 0 fully saturated rings. The van der Waals surface area contributed by atoms with Crippen LogP contribution in [0.15, 0.2) is 0 Å². The van der Waals surface area contributed by atoms with Crippen molar-refractivity contribution in [1.29, 1.82) is 0 Å². The third-order valence-corrected chi connectivity index (χ3v) is 2.20. The fourth-order valence-electron chi connectivity index (χ4n) is 1.52. The molecule has 0 saturated carbocycles. The van der Waals surface area contributed by atoms with Crippen molar-refractivity contribution in [3.63, 3.8) is 0 Å². The molecule has 4 nitrogen and oxygen atoms in total. The summed E-state index contributed by atoms with van der Waals surface area (Å²) in [5.41, 5.74) is 0. The molecule has 1 N–H and O–H groups in total. The van der Waals surface area contributed by atoms with E-state index in [2.05, 4.69) is 5.32 Å². The SMILES string of the molecule is CCCC(=O)N[C@H](CCC)CC(=O)OCC. The van der Waals surface area contributed by atoms with Crippen molar-refractivity contribution >= 4 is 11.9 Å². The average molecular weight is 229 g/mol. The molecule has 0 radical (unpaired) electrons. The molecule has 0 unspecified atom stereocenters. The zero-order valence-electron chi connectivity index (χ0n) is 10.5. The Labute approximate surface area is 97.7 Å². The maximum Gasteiger partial charge on any atom is 0.307 e. The lowest BCUT2D eigenvalue weighted by Gasteiger charge is -2.17. The third kappa shape index (κ3) is 7.26. The van der Waals surface area contributed by atoms with Gasteiger partial charge in [0.1, 0.15) is 0 Å². The molecule has 0 saturated heterocycles. The maximum atomic E-state index is 11.4. The van der Waals surface area contributed by atoms with Crippen molar-refractivity contribution in [2.75, 3.05) is 6.61 Å². The van der Waals surface area contributed by atoms with Crippen LogP contribution in [0.3, 0.4) is 0 Å². The van der Waals surface area contributed by atoms with E-state index in [0.717, 1.165) is 19.3 Å². The summed E-state index contributed by atoms with van der Waals surface area (Å²) >= 11 is 0. The fraction of sp³-hybridized carbons (Fsp3) is 0.833. The molecule has 0 aromatic heterocycles. The molecule has 16 heavy (non-hydrogen) atoms. The number of carbonyl (C=O) groups excluding carboxylic acids is 2. The van der Waals surface area contributed by atoms with Gasteiger partial charge >= 0.3 is 5.97 Å². The number of nitrogens with one attached hydrogen (secondary N) is 1. The molecule has 0 aromatic rings. The van der Waals surface area contributed by atoms with Crippen LogP contribution in [0, 0.1) is 0 Å². The molecule has 0 aliphatic rings. The van der Waals surface area contributed by atoms with E-state index in [-0.39, 0.29) is 24.3 Å². The first-order valence-corrected chi connectivity index (χ1v) is 6.08. The highest BCUT2D eigenvalue weighted by molar-refractivity contribution is 5.77. The average Bonchev–Trinajstić information content (AvgIpc) is 2.18. The van der Waals surface area contributed by atoms with Gasteiger partial charge in [0.05, 0.1) is 13.0 Å². The predicted molar refractivity (Wildman–Crippen MR) is 63.0 cm³/mol. The lowest BCUT2D eigenvalue weighted by atomic mass is 10.1. The first-order chi connectivity index (χ1) is 7.63. The Bertz CT molecular complexity index is 196. The van der Waals surface area contributed by atoms with Crippen LogP contribution in [-0.4, -0.2) is 24.5 Å². The number of ether oxygens (including phenoxy) is 1. The van der Waals surface area contributed by atoms with Crippen molar-refractivity contribution < 1.29 is 14.3 Å². The summed E-state index contributed by atoms with van der Waals surface area (Å²) < 4.78 is 4.87. The Balaban J connectivity index is 4.05. The number of hydrogen-bond donors (Lipinski definition) is 1. The Morgan fingerprint density at radius 2 is 1.88 bits per heavy atom. The molecule has 0 bridgehead atoms. The second kappa shape index (κ2) is 9.19. The molecule has 0 heterocycles. The normalized spacial score (nSPS) is 11.9. The number of amides is 1. The summed E-state index contributed by atoms with van der Waals surface area (Å²) in [5, 5.41) is 2.87. The van der Waals surface area contributed by atoms with E-state index in [4.69, 9.17) is 4.74 Å². The number of hydrogen-bond acceptors (Lipinski definition) is 3. The van der Waals surface area contributed by atoms with Crippen molar-refractivity contribution in [1.82, 2.24) is 5.32 Å². The minimum atomic E-state index is -0.238. The Morgan fingerprint density at radius 3 is 2.38 bits per heavy atom. The van der Waals surface area contributed by atoms with E-state index in [0.29, 0.717) is 13.0 Å². The highest BCUT2D eigenvalue weighted by Crippen LogP contribution is 2.04. The maximum absolute atomic E-state index is 11.4. The van der Waals surface area contributed by atoms with Gasteiger partial charge < -0.3 is 10.1 Å². The van der Waals surface area contributed by atoms with E-state index in [1.165, 1.54) is 0 Å². The molecule has 0 aliphatic heterocycles. The lowest BCUT2D eigenvalue weighted by molar-refractivity contribution is -0.143. The van der Waals surface area contributed by atoms with Crippen LogP contribution >= 0.6 is 0 Å². The molecule has 0 aromatic carbocycles. The van der Waals surface area contributed by atoms with E-state index in [1.54, 1.807) is 6.92 Å². The second-order valence-corrected chi connectivity index (χ2v) is 3.81. The molecular formula is C12H23NO3. The number of rotatable bonds is 8. The molecule has 0 rings (SSSR count). The largest absolute Gasteiger partial charge is 0.466 e. The van der Waals surface area contributed by atoms with E-state index in [1.807, 2.05) is 13.8 Å². The zero-order valence-corrected chi connectivity index (χ0v) is 10.5. The second-order valence-electron chi connectivity index (χ2n) is 3.81. The Hall–Kier alpha value is -1.06. The van der Waals surface area contributed by atoms with E-state index >= 15 is 0 Å². The van der Waals surface area contributed by atoms with Crippen LogP contribution in [0.2, 0.25) is 0 Å². The van der Waals surface area contributed by atoms with Crippen LogP contribution < -0.4 is 5.32 Å². The number of esters is 1. The topological polar surface area (TPSA) is 55.4 Å². The number of carbonyl (C=O) groups is 2. The Morgan fingerprint density at radius 1 is 1.19 bits per heavy atom. The highest BCUT2D eigenvalue weighted by atomic mass is 16.5. The van der Waals surface area contributed by atoms with Gasteiger partial charge in [-0.2, -0.15) is 0 Å². The standard InChI is InChI=1S/C12H23NO3/c1-4-7-10(9-12(15)16-6-3)13-11(14)8-5-2/h10H,4-9H2,1-3H3,(H,13,14)/t10-/m1/s1. The first-order valence-electron chi connectivity index (χ1n) is 6.08. The summed E-state index contributed by atoms with van der Waals surface area (Å²) in [6, 6.07) is -0.0805. The van der Waals surface area contributed by atoms with Gasteiger partial charge in [-0.1, -0.05) is 20.3 Å². The van der Waals surface area contributed by atoms with Gasteiger partial charge in [0.2, 0.25) is 5.91 Å². The minimum Gasteiger partial charge on any atom is -0.466 e. The monoisotopic (exact) mass is 229 g/mol. The summed E-state index contributed by atoms with van der Waals surface area (Å²) in [5.74, 6) is -0.219. The van der Waals surface area contributed by atoms with Crippen LogP contribution in [0.1, 0.15) is 52.9 Å². The van der Waals surface area contributed by atoms with Crippen LogP contribution in [-0.2, 0) is 14.3 Å². The molecule has 4 heteroatoms. The van der Waals surface area contributed by atoms with Gasteiger partial charge in [-0.15, -0.1) is 0 Å².